The van der Waals surface area contributed by atoms with Crippen LogP contribution in [-0.4, -0.2) is 24.0 Å². The van der Waals surface area contributed by atoms with Crippen molar-refractivity contribution in [2.75, 3.05) is 18.4 Å². The second-order valence-corrected chi connectivity index (χ2v) is 4.50. The number of nitrogens with one attached hydrogen (secondary N) is 2. The number of hydrogen-bond donors (Lipinski definition) is 2. The van der Waals surface area contributed by atoms with E-state index in [1.165, 1.54) is 6.92 Å². The van der Waals surface area contributed by atoms with E-state index in [4.69, 9.17) is 4.74 Å². The molecule has 1 heterocycles. The third-order valence-electron chi connectivity index (χ3n) is 2.70. The molecule has 2 N–H and O–H groups in total. The summed E-state index contributed by atoms with van der Waals surface area (Å²) >= 11 is 0. The summed E-state index contributed by atoms with van der Waals surface area (Å²) in [6, 6.07) is 14.3. The van der Waals surface area contributed by atoms with Crippen molar-refractivity contribution in [3.63, 3.8) is 0 Å². The number of anilines is 1. The van der Waals surface area contributed by atoms with Gasteiger partial charge in [-0.05, 0) is 35.9 Å². The van der Waals surface area contributed by atoms with E-state index in [2.05, 4.69) is 21.7 Å². The Hall–Kier alpha value is -2.56. The molecule has 2 rings (SSSR count). The topological polar surface area (TPSA) is 63.2 Å². The Morgan fingerprint density at radius 1 is 1.33 bits per heavy atom. The largest absolute Gasteiger partial charge is 0.473 e. The predicted molar refractivity (Wildman–Crippen MR) is 81.0 cm³/mol. The number of aromatic nitrogens is 1. The number of carbonyl (C=O) groups is 1. The molecule has 2 aromatic rings. The first-order valence-corrected chi connectivity index (χ1v) is 6.76. The van der Waals surface area contributed by atoms with Gasteiger partial charge in [-0.1, -0.05) is 6.07 Å². The number of carbonyl (C=O) groups excluding carboxylic acids is 1. The zero-order valence-electron chi connectivity index (χ0n) is 11.9. The second-order valence-electron chi connectivity index (χ2n) is 4.50. The van der Waals surface area contributed by atoms with Crippen LogP contribution < -0.4 is 15.4 Å². The molecule has 0 aliphatic carbocycles. The standard InChI is InChI=1S/C16H18N3O2/c1-13(20)17-9-10-18-15-6-4-5-14(11-15)12-21-16-7-2-3-8-19-16/h2-3,5-8,11,18H,9-10,12H2,1H3,(H,17,20). The van der Waals surface area contributed by atoms with Gasteiger partial charge in [0, 0.05) is 38.0 Å². The van der Waals surface area contributed by atoms with Crippen LogP contribution in [0.25, 0.3) is 0 Å². The molecule has 0 fully saturated rings. The highest BCUT2D eigenvalue weighted by Gasteiger charge is 1.99. The fourth-order valence-electron chi connectivity index (χ4n) is 1.74. The Balaban J connectivity index is 1.81. The third kappa shape index (κ3) is 5.52. The molecule has 0 bridgehead atoms. The number of hydrogen-bond acceptors (Lipinski definition) is 4. The van der Waals surface area contributed by atoms with Crippen LogP contribution in [0.15, 0.2) is 42.6 Å². The molecule has 21 heavy (non-hydrogen) atoms. The van der Waals surface area contributed by atoms with Gasteiger partial charge in [0.25, 0.3) is 0 Å². The van der Waals surface area contributed by atoms with Crippen molar-refractivity contribution >= 4 is 11.6 Å². The van der Waals surface area contributed by atoms with Crippen molar-refractivity contribution in [2.45, 2.75) is 13.5 Å². The van der Waals surface area contributed by atoms with Gasteiger partial charge in [0.2, 0.25) is 11.8 Å². The van der Waals surface area contributed by atoms with Gasteiger partial charge < -0.3 is 15.4 Å². The zero-order chi connectivity index (χ0) is 14.9. The number of pyridine rings is 1. The molecule has 0 saturated heterocycles. The van der Waals surface area contributed by atoms with E-state index in [-0.39, 0.29) is 5.91 Å². The minimum Gasteiger partial charge on any atom is -0.473 e. The highest BCUT2D eigenvalue weighted by molar-refractivity contribution is 5.72. The van der Waals surface area contributed by atoms with Gasteiger partial charge in [-0.25, -0.2) is 4.98 Å². The molecule has 1 radical (unpaired) electrons. The normalized spacial score (nSPS) is 9.95. The fraction of sp³-hybridized carbons (Fsp3) is 0.250. The average molecular weight is 284 g/mol. The molecule has 0 atom stereocenters. The second kappa shape index (κ2) is 7.89. The molecule has 1 aromatic carbocycles. The van der Waals surface area contributed by atoms with Crippen LogP contribution >= 0.6 is 0 Å². The van der Waals surface area contributed by atoms with Crippen LogP contribution in [-0.2, 0) is 11.4 Å². The lowest BCUT2D eigenvalue weighted by Gasteiger charge is -2.09. The molecule has 0 saturated carbocycles. The van der Waals surface area contributed by atoms with Crippen LogP contribution in [0.5, 0.6) is 5.88 Å². The molecule has 0 aliphatic rings. The molecule has 0 aliphatic heterocycles. The van der Waals surface area contributed by atoms with E-state index < -0.39 is 0 Å². The van der Waals surface area contributed by atoms with Crippen LogP contribution in [0.3, 0.4) is 0 Å². The number of rotatable bonds is 7. The number of benzene rings is 1. The Labute approximate surface area is 124 Å². The quantitative estimate of drug-likeness (QED) is 0.763. The zero-order valence-corrected chi connectivity index (χ0v) is 11.9. The van der Waals surface area contributed by atoms with E-state index in [9.17, 15) is 4.79 Å². The van der Waals surface area contributed by atoms with Gasteiger partial charge in [0.1, 0.15) is 6.61 Å². The molecule has 1 amide bonds. The molecule has 0 spiro atoms. The highest BCUT2D eigenvalue weighted by atomic mass is 16.5. The SMILES string of the molecule is CC(=O)NCCNc1c[c]cc(COc2ccccn2)c1. The Bertz CT molecular complexity index is 573. The number of amides is 1. The summed E-state index contributed by atoms with van der Waals surface area (Å²) < 4.78 is 5.59. The van der Waals surface area contributed by atoms with Crippen LogP contribution in [0, 0.1) is 6.07 Å². The summed E-state index contributed by atoms with van der Waals surface area (Å²) in [6.07, 6.45) is 1.70. The lowest BCUT2D eigenvalue weighted by molar-refractivity contribution is -0.118. The molecule has 5 heteroatoms. The molecule has 1 aromatic heterocycles. The average Bonchev–Trinajstić information content (AvgIpc) is 2.51. The van der Waals surface area contributed by atoms with Crippen LogP contribution in [0.1, 0.15) is 12.5 Å². The maximum Gasteiger partial charge on any atom is 0.216 e. The van der Waals surface area contributed by atoms with Crippen LogP contribution in [0.2, 0.25) is 0 Å². The van der Waals surface area contributed by atoms with E-state index >= 15 is 0 Å². The monoisotopic (exact) mass is 284 g/mol. The first-order valence-electron chi connectivity index (χ1n) is 6.76. The first kappa shape index (κ1) is 14.8. The Kier molecular flexibility index (Phi) is 5.58. The van der Waals surface area contributed by atoms with Crippen molar-refractivity contribution in [3.8, 4) is 5.88 Å². The van der Waals surface area contributed by atoms with Gasteiger partial charge in [-0.15, -0.1) is 0 Å². The van der Waals surface area contributed by atoms with Gasteiger partial charge >= 0.3 is 0 Å². The summed E-state index contributed by atoms with van der Waals surface area (Å²) in [5.74, 6) is 0.572. The smallest absolute Gasteiger partial charge is 0.216 e. The van der Waals surface area contributed by atoms with Crippen molar-refractivity contribution in [1.82, 2.24) is 10.3 Å². The third-order valence-corrected chi connectivity index (χ3v) is 2.70. The summed E-state index contributed by atoms with van der Waals surface area (Å²) in [7, 11) is 0. The Morgan fingerprint density at radius 3 is 3.00 bits per heavy atom. The predicted octanol–water partition coefficient (Wildman–Crippen LogP) is 2.01. The minimum absolute atomic E-state index is 0.0270. The number of nitrogens with zero attached hydrogens (tertiary/aromatic N) is 1. The van der Waals surface area contributed by atoms with Crippen molar-refractivity contribution in [1.29, 1.82) is 0 Å². The maximum absolute atomic E-state index is 10.8. The minimum atomic E-state index is -0.0270. The maximum atomic E-state index is 10.8. The molecular formula is C16H18N3O2. The Morgan fingerprint density at radius 2 is 2.24 bits per heavy atom. The van der Waals surface area contributed by atoms with E-state index in [0.717, 1.165) is 11.3 Å². The van der Waals surface area contributed by atoms with E-state index in [1.807, 2.05) is 36.4 Å². The highest BCUT2D eigenvalue weighted by Crippen LogP contribution is 2.12. The van der Waals surface area contributed by atoms with Crippen molar-refractivity contribution in [3.05, 3.63) is 54.2 Å². The number of ether oxygens (including phenoxy) is 1. The summed E-state index contributed by atoms with van der Waals surface area (Å²) in [6.45, 7) is 3.19. The summed E-state index contributed by atoms with van der Waals surface area (Å²) in [5.41, 5.74) is 1.95. The molecular weight excluding hydrogens is 266 g/mol. The first-order chi connectivity index (χ1) is 10.2. The van der Waals surface area contributed by atoms with Gasteiger partial charge in [-0.3, -0.25) is 4.79 Å². The summed E-state index contributed by atoms with van der Waals surface area (Å²) in [5, 5.41) is 5.95. The van der Waals surface area contributed by atoms with E-state index in [0.29, 0.717) is 25.6 Å². The molecule has 0 unspecified atom stereocenters. The molecule has 109 valence electrons. The van der Waals surface area contributed by atoms with Gasteiger partial charge in [0.05, 0.1) is 0 Å². The van der Waals surface area contributed by atoms with Crippen molar-refractivity contribution in [2.24, 2.45) is 0 Å². The molecule has 5 nitrogen and oxygen atoms in total. The van der Waals surface area contributed by atoms with E-state index in [1.54, 1.807) is 6.20 Å². The lowest BCUT2D eigenvalue weighted by atomic mass is 10.2. The van der Waals surface area contributed by atoms with Gasteiger partial charge in [-0.2, -0.15) is 0 Å². The fourth-order valence-corrected chi connectivity index (χ4v) is 1.74. The van der Waals surface area contributed by atoms with Crippen molar-refractivity contribution < 1.29 is 9.53 Å². The van der Waals surface area contributed by atoms with Crippen LogP contribution in [0.4, 0.5) is 5.69 Å². The summed E-state index contributed by atoms with van der Waals surface area (Å²) in [4.78, 5) is 14.9. The van der Waals surface area contributed by atoms with Gasteiger partial charge in [0.15, 0.2) is 0 Å². The lowest BCUT2D eigenvalue weighted by Crippen LogP contribution is -2.26.